The number of hydrogen-bond donors (Lipinski definition) is 2. The summed E-state index contributed by atoms with van der Waals surface area (Å²) in [6, 6.07) is 0. The van der Waals surface area contributed by atoms with Crippen LogP contribution in [0.15, 0.2) is 4.99 Å². The molecule has 0 heterocycles. The van der Waals surface area contributed by atoms with Crippen molar-refractivity contribution in [2.24, 2.45) is 10.4 Å². The molecule has 0 aromatic heterocycles. The molecule has 1 fully saturated rings. The van der Waals surface area contributed by atoms with Crippen LogP contribution >= 0.6 is 24.0 Å². The van der Waals surface area contributed by atoms with Gasteiger partial charge in [0.1, 0.15) is 0 Å². The zero-order valence-electron chi connectivity index (χ0n) is 14.3. The molecular formula is C15H31IN4O2. The monoisotopic (exact) mass is 426 g/mol. The number of hydrogen-bond acceptors (Lipinski definition) is 3. The second-order valence-electron chi connectivity index (χ2n) is 5.74. The van der Waals surface area contributed by atoms with E-state index < -0.39 is 0 Å². The first-order valence-corrected chi connectivity index (χ1v) is 7.80. The Kier molecular flexibility index (Phi) is 10.8. The highest BCUT2D eigenvalue weighted by Crippen LogP contribution is 2.38. The molecule has 1 amide bonds. The number of carbonyl (C=O) groups is 1. The van der Waals surface area contributed by atoms with Gasteiger partial charge in [0, 0.05) is 40.8 Å². The van der Waals surface area contributed by atoms with E-state index in [4.69, 9.17) is 4.74 Å². The topological polar surface area (TPSA) is 66.0 Å². The van der Waals surface area contributed by atoms with Crippen LogP contribution in [0.25, 0.3) is 0 Å². The third-order valence-electron chi connectivity index (χ3n) is 3.98. The maximum Gasteiger partial charge on any atom is 0.230 e. The molecule has 2 N–H and O–H groups in total. The van der Waals surface area contributed by atoms with Gasteiger partial charge in [0.25, 0.3) is 0 Å². The fourth-order valence-electron chi connectivity index (χ4n) is 2.85. The number of nitrogens with zero attached hydrogens (tertiary/aromatic N) is 2. The molecule has 0 saturated heterocycles. The lowest BCUT2D eigenvalue weighted by molar-refractivity contribution is -0.138. The Morgan fingerprint density at radius 3 is 2.41 bits per heavy atom. The first kappa shape index (κ1) is 21.4. The predicted octanol–water partition coefficient (Wildman–Crippen LogP) is 1.45. The summed E-state index contributed by atoms with van der Waals surface area (Å²) in [4.78, 5) is 18.4. The smallest absolute Gasteiger partial charge is 0.230 e. The van der Waals surface area contributed by atoms with E-state index in [9.17, 15) is 4.79 Å². The normalized spacial score (nSPS) is 16.8. The van der Waals surface area contributed by atoms with Crippen molar-refractivity contribution in [3.05, 3.63) is 0 Å². The Bertz CT molecular complexity index is 355. The van der Waals surface area contributed by atoms with Crippen LogP contribution < -0.4 is 10.6 Å². The summed E-state index contributed by atoms with van der Waals surface area (Å²) >= 11 is 0. The van der Waals surface area contributed by atoms with Gasteiger partial charge < -0.3 is 20.3 Å². The first-order valence-electron chi connectivity index (χ1n) is 7.80. The van der Waals surface area contributed by atoms with Gasteiger partial charge in [0.2, 0.25) is 5.91 Å². The van der Waals surface area contributed by atoms with Crippen molar-refractivity contribution in [2.45, 2.75) is 32.6 Å². The van der Waals surface area contributed by atoms with Crippen LogP contribution in [0.1, 0.15) is 32.6 Å². The Morgan fingerprint density at radius 2 is 1.91 bits per heavy atom. The summed E-state index contributed by atoms with van der Waals surface area (Å²) in [5.74, 6) is 0.949. The van der Waals surface area contributed by atoms with Crippen LogP contribution in [-0.2, 0) is 9.53 Å². The summed E-state index contributed by atoms with van der Waals surface area (Å²) in [6.07, 6.45) is 4.15. The summed E-state index contributed by atoms with van der Waals surface area (Å²) in [5.41, 5.74) is -0.277. The lowest BCUT2D eigenvalue weighted by Crippen LogP contribution is -2.49. The molecule has 6 nitrogen and oxygen atoms in total. The van der Waals surface area contributed by atoms with E-state index in [2.05, 4.69) is 15.6 Å². The molecule has 130 valence electrons. The van der Waals surface area contributed by atoms with E-state index in [0.717, 1.165) is 31.6 Å². The van der Waals surface area contributed by atoms with Crippen molar-refractivity contribution in [3.8, 4) is 0 Å². The lowest BCUT2D eigenvalue weighted by Gasteiger charge is -2.31. The van der Waals surface area contributed by atoms with Gasteiger partial charge >= 0.3 is 0 Å². The first-order chi connectivity index (χ1) is 10.1. The minimum atomic E-state index is -0.277. The SMILES string of the molecule is CCOCCNC(=NC)NCC1(C(=O)N(C)C)CCCC1.I. The van der Waals surface area contributed by atoms with E-state index in [1.807, 2.05) is 21.0 Å². The number of aliphatic imine (C=N–C) groups is 1. The molecule has 1 rings (SSSR count). The molecule has 0 aromatic rings. The van der Waals surface area contributed by atoms with E-state index in [-0.39, 0.29) is 35.3 Å². The highest BCUT2D eigenvalue weighted by Gasteiger charge is 2.42. The fraction of sp³-hybridized carbons (Fsp3) is 0.867. The predicted molar refractivity (Wildman–Crippen MR) is 101 cm³/mol. The van der Waals surface area contributed by atoms with Crippen molar-refractivity contribution < 1.29 is 9.53 Å². The van der Waals surface area contributed by atoms with Crippen molar-refractivity contribution in [1.29, 1.82) is 0 Å². The molecule has 22 heavy (non-hydrogen) atoms. The Hall–Kier alpha value is -0.570. The number of guanidine groups is 1. The summed E-state index contributed by atoms with van der Waals surface area (Å²) in [5, 5.41) is 6.50. The van der Waals surface area contributed by atoms with Gasteiger partial charge in [-0.3, -0.25) is 9.79 Å². The maximum atomic E-state index is 12.5. The van der Waals surface area contributed by atoms with E-state index in [0.29, 0.717) is 26.3 Å². The number of ether oxygens (including phenoxy) is 1. The van der Waals surface area contributed by atoms with E-state index >= 15 is 0 Å². The fourth-order valence-corrected chi connectivity index (χ4v) is 2.85. The van der Waals surface area contributed by atoms with Gasteiger partial charge in [-0.1, -0.05) is 12.8 Å². The summed E-state index contributed by atoms with van der Waals surface area (Å²) in [7, 11) is 5.40. The molecule has 0 spiro atoms. The molecular weight excluding hydrogens is 395 g/mol. The van der Waals surface area contributed by atoms with Gasteiger partial charge in [0.05, 0.1) is 12.0 Å². The average molecular weight is 426 g/mol. The number of carbonyl (C=O) groups excluding carboxylic acids is 1. The van der Waals surface area contributed by atoms with Crippen LogP contribution in [0.4, 0.5) is 0 Å². The number of halogens is 1. The quantitative estimate of drug-likeness (QED) is 0.280. The van der Waals surface area contributed by atoms with Gasteiger partial charge in [-0.25, -0.2) is 0 Å². The molecule has 0 unspecified atom stereocenters. The Morgan fingerprint density at radius 1 is 1.27 bits per heavy atom. The number of nitrogens with one attached hydrogen (secondary N) is 2. The third kappa shape index (κ3) is 6.28. The van der Waals surface area contributed by atoms with Crippen molar-refractivity contribution >= 4 is 35.8 Å². The van der Waals surface area contributed by atoms with Crippen LogP contribution in [0.5, 0.6) is 0 Å². The number of amides is 1. The van der Waals surface area contributed by atoms with Gasteiger partial charge in [-0.2, -0.15) is 0 Å². The van der Waals surface area contributed by atoms with Crippen molar-refractivity contribution in [2.75, 3.05) is 47.4 Å². The van der Waals surface area contributed by atoms with Crippen molar-refractivity contribution in [1.82, 2.24) is 15.5 Å². The zero-order valence-corrected chi connectivity index (χ0v) is 16.6. The highest BCUT2D eigenvalue weighted by molar-refractivity contribution is 14.0. The molecule has 0 aromatic carbocycles. The zero-order chi connectivity index (χ0) is 15.7. The Labute approximate surface area is 151 Å². The molecule has 1 aliphatic carbocycles. The van der Waals surface area contributed by atoms with Gasteiger partial charge in [-0.15, -0.1) is 24.0 Å². The molecule has 7 heteroatoms. The third-order valence-corrected chi connectivity index (χ3v) is 3.98. The largest absolute Gasteiger partial charge is 0.380 e. The average Bonchev–Trinajstić information content (AvgIpc) is 2.95. The molecule has 1 saturated carbocycles. The second kappa shape index (κ2) is 11.0. The van der Waals surface area contributed by atoms with Crippen LogP contribution in [0.3, 0.4) is 0 Å². The van der Waals surface area contributed by atoms with Gasteiger partial charge in [-0.05, 0) is 19.8 Å². The maximum absolute atomic E-state index is 12.5. The number of rotatable bonds is 7. The molecule has 0 radical (unpaired) electrons. The molecule has 0 atom stereocenters. The molecule has 0 bridgehead atoms. The van der Waals surface area contributed by atoms with Crippen LogP contribution in [0.2, 0.25) is 0 Å². The van der Waals surface area contributed by atoms with Crippen molar-refractivity contribution in [3.63, 3.8) is 0 Å². The molecule has 0 aliphatic heterocycles. The minimum Gasteiger partial charge on any atom is -0.380 e. The van der Waals surface area contributed by atoms with E-state index in [1.54, 1.807) is 11.9 Å². The minimum absolute atomic E-state index is 0. The van der Waals surface area contributed by atoms with Gasteiger partial charge in [0.15, 0.2) is 5.96 Å². The summed E-state index contributed by atoms with van der Waals surface area (Å²) < 4.78 is 5.29. The van der Waals surface area contributed by atoms with E-state index in [1.165, 1.54) is 0 Å². The van der Waals surface area contributed by atoms with Crippen LogP contribution in [-0.4, -0.2) is 64.2 Å². The molecule has 1 aliphatic rings. The highest BCUT2D eigenvalue weighted by atomic mass is 127. The second-order valence-corrected chi connectivity index (χ2v) is 5.74. The Balaban J connectivity index is 0.00000441. The standard InChI is InChI=1S/C15H30N4O2.HI/c1-5-21-11-10-17-14(16-2)18-12-15(8-6-7-9-15)13(20)19(3)4;/h5-12H2,1-4H3,(H2,16,17,18);1H. The van der Waals surface area contributed by atoms with Crippen LogP contribution in [0, 0.1) is 5.41 Å². The summed E-state index contributed by atoms with van der Waals surface area (Å²) in [6.45, 7) is 4.69. The lowest BCUT2D eigenvalue weighted by atomic mass is 9.84.